The van der Waals surface area contributed by atoms with Crippen molar-refractivity contribution < 1.29 is 23.7 Å². The molecule has 2 N–H and O–H groups in total. The molecule has 10 heteroatoms. The third-order valence-corrected chi connectivity index (χ3v) is 5.43. The number of para-hydroxylation sites is 1. The van der Waals surface area contributed by atoms with E-state index in [0.29, 0.717) is 38.7 Å². The minimum atomic E-state index is -0.172. The maximum Gasteiger partial charge on any atom is 0.255 e. The number of carbonyl (C=O) groups excluding carboxylic acids is 1. The van der Waals surface area contributed by atoms with Gasteiger partial charge in [-0.3, -0.25) is 4.79 Å². The van der Waals surface area contributed by atoms with Crippen molar-refractivity contribution in [1.82, 2.24) is 15.3 Å². The zero-order valence-corrected chi connectivity index (χ0v) is 19.9. The van der Waals surface area contributed by atoms with Gasteiger partial charge in [0.2, 0.25) is 17.6 Å². The summed E-state index contributed by atoms with van der Waals surface area (Å²) in [5.41, 5.74) is 1.07. The molecule has 33 heavy (non-hydrogen) atoms. The van der Waals surface area contributed by atoms with E-state index in [1.807, 2.05) is 0 Å². The van der Waals surface area contributed by atoms with Gasteiger partial charge >= 0.3 is 0 Å². The van der Waals surface area contributed by atoms with Gasteiger partial charge in [0.15, 0.2) is 11.5 Å². The molecule has 1 aromatic heterocycles. The molecule has 0 spiro atoms. The van der Waals surface area contributed by atoms with Gasteiger partial charge in [-0.05, 0) is 40.9 Å². The lowest BCUT2D eigenvalue weighted by atomic mass is 10.2. The van der Waals surface area contributed by atoms with Crippen molar-refractivity contribution in [1.29, 1.82) is 0 Å². The van der Waals surface area contributed by atoms with Gasteiger partial charge in [0.1, 0.15) is 5.75 Å². The van der Waals surface area contributed by atoms with Crippen molar-refractivity contribution >= 4 is 33.5 Å². The van der Waals surface area contributed by atoms with Crippen molar-refractivity contribution in [3.63, 3.8) is 0 Å². The van der Waals surface area contributed by atoms with Crippen LogP contribution in [0, 0.1) is 0 Å². The minimum Gasteiger partial charge on any atom is -0.493 e. The summed E-state index contributed by atoms with van der Waals surface area (Å²) in [6.45, 7) is 0. The Morgan fingerprint density at radius 3 is 2.36 bits per heavy atom. The molecule has 1 amide bonds. The third-order valence-electron chi connectivity index (χ3n) is 4.88. The zero-order chi connectivity index (χ0) is 23.4. The monoisotopic (exact) mass is 514 g/mol. The van der Waals surface area contributed by atoms with Gasteiger partial charge in [-0.25, -0.2) is 4.98 Å². The Hall–Kier alpha value is -3.53. The van der Waals surface area contributed by atoms with Gasteiger partial charge in [-0.15, -0.1) is 0 Å². The Morgan fingerprint density at radius 2 is 1.73 bits per heavy atom. The van der Waals surface area contributed by atoms with Crippen molar-refractivity contribution in [2.75, 3.05) is 26.6 Å². The van der Waals surface area contributed by atoms with Crippen LogP contribution in [0.3, 0.4) is 0 Å². The average Bonchev–Trinajstić information content (AvgIpc) is 3.64. The summed E-state index contributed by atoms with van der Waals surface area (Å²) in [5, 5.41) is 6.09. The smallest absolute Gasteiger partial charge is 0.255 e. The molecule has 2 aromatic carbocycles. The molecule has 1 saturated carbocycles. The molecule has 1 fully saturated rings. The first-order valence-electron chi connectivity index (χ1n) is 10.2. The van der Waals surface area contributed by atoms with E-state index in [1.165, 1.54) is 7.11 Å². The second-order valence-electron chi connectivity index (χ2n) is 7.23. The van der Waals surface area contributed by atoms with Crippen LogP contribution in [-0.4, -0.2) is 43.2 Å². The summed E-state index contributed by atoms with van der Waals surface area (Å²) < 4.78 is 22.7. The van der Waals surface area contributed by atoms with Crippen molar-refractivity contribution in [3.8, 4) is 28.9 Å². The molecule has 1 aliphatic rings. The van der Waals surface area contributed by atoms with Gasteiger partial charge in [-0.2, -0.15) is 4.98 Å². The van der Waals surface area contributed by atoms with Crippen LogP contribution in [-0.2, 0) is 0 Å². The summed E-state index contributed by atoms with van der Waals surface area (Å²) in [7, 11) is 4.62. The highest BCUT2D eigenvalue weighted by atomic mass is 79.9. The van der Waals surface area contributed by atoms with Crippen LogP contribution in [0.15, 0.2) is 47.1 Å². The van der Waals surface area contributed by atoms with Gasteiger partial charge in [0.25, 0.3) is 5.91 Å². The van der Waals surface area contributed by atoms with Crippen molar-refractivity contribution in [2.45, 2.75) is 18.9 Å². The molecule has 0 atom stereocenters. The van der Waals surface area contributed by atoms with Crippen molar-refractivity contribution in [2.24, 2.45) is 0 Å². The summed E-state index contributed by atoms with van der Waals surface area (Å²) in [4.78, 5) is 21.3. The SMILES string of the molecule is COc1cc(Nc2ncc(Br)c(Oc3ccccc3C(=O)NC3CC3)n2)cc(OC)c1OC. The Balaban J connectivity index is 1.59. The number of amides is 1. The lowest BCUT2D eigenvalue weighted by molar-refractivity contribution is 0.0948. The van der Waals surface area contributed by atoms with Gasteiger partial charge in [0.05, 0.1) is 37.6 Å². The summed E-state index contributed by atoms with van der Waals surface area (Å²) in [5.74, 6) is 2.22. The number of anilines is 2. The number of methoxy groups -OCH3 is 3. The number of benzene rings is 2. The number of hydrogen-bond donors (Lipinski definition) is 2. The average molecular weight is 515 g/mol. The Bertz CT molecular complexity index is 1140. The summed E-state index contributed by atoms with van der Waals surface area (Å²) in [6, 6.07) is 10.8. The molecule has 0 radical (unpaired) electrons. The Kier molecular flexibility index (Phi) is 6.83. The molecule has 0 unspecified atom stereocenters. The quantitative estimate of drug-likeness (QED) is 0.423. The molecule has 3 aromatic rings. The molecular formula is C23H23BrN4O5. The van der Waals surface area contributed by atoms with Crippen LogP contribution in [0.5, 0.6) is 28.9 Å². The fourth-order valence-corrected chi connectivity index (χ4v) is 3.38. The number of hydrogen-bond acceptors (Lipinski definition) is 8. The molecule has 172 valence electrons. The number of nitrogens with zero attached hydrogens (tertiary/aromatic N) is 2. The molecule has 9 nitrogen and oxygen atoms in total. The maximum absolute atomic E-state index is 12.6. The molecule has 0 bridgehead atoms. The summed E-state index contributed by atoms with van der Waals surface area (Å²) in [6.07, 6.45) is 3.57. The van der Waals surface area contributed by atoms with Crippen LogP contribution in [0.1, 0.15) is 23.2 Å². The van der Waals surface area contributed by atoms with E-state index in [4.69, 9.17) is 18.9 Å². The van der Waals surface area contributed by atoms with Crippen LogP contribution in [0.2, 0.25) is 0 Å². The van der Waals surface area contributed by atoms with Gasteiger partial charge < -0.3 is 29.6 Å². The van der Waals surface area contributed by atoms with Gasteiger partial charge in [-0.1, -0.05) is 12.1 Å². The van der Waals surface area contributed by atoms with Gasteiger partial charge in [0, 0.05) is 23.9 Å². The molecule has 0 saturated heterocycles. The Morgan fingerprint density at radius 1 is 1.03 bits per heavy atom. The topological polar surface area (TPSA) is 104 Å². The number of halogens is 1. The maximum atomic E-state index is 12.6. The first kappa shape index (κ1) is 22.7. The predicted octanol–water partition coefficient (Wildman–Crippen LogP) is 4.69. The van der Waals surface area contributed by atoms with Crippen LogP contribution >= 0.6 is 15.9 Å². The van der Waals surface area contributed by atoms with Crippen LogP contribution in [0.4, 0.5) is 11.6 Å². The molecule has 1 heterocycles. The van der Waals surface area contributed by atoms with E-state index in [9.17, 15) is 4.79 Å². The predicted molar refractivity (Wildman–Crippen MR) is 126 cm³/mol. The van der Waals surface area contributed by atoms with E-state index in [1.54, 1.807) is 56.8 Å². The van der Waals surface area contributed by atoms with E-state index < -0.39 is 0 Å². The number of rotatable bonds is 9. The van der Waals surface area contributed by atoms with E-state index in [-0.39, 0.29) is 23.8 Å². The highest BCUT2D eigenvalue weighted by Crippen LogP contribution is 2.40. The Labute approximate surface area is 199 Å². The molecule has 4 rings (SSSR count). The highest BCUT2D eigenvalue weighted by molar-refractivity contribution is 9.10. The fourth-order valence-electron chi connectivity index (χ4n) is 3.10. The number of ether oxygens (including phenoxy) is 4. The first-order valence-corrected chi connectivity index (χ1v) is 11.0. The normalized spacial score (nSPS) is 12.6. The standard InChI is InChI=1S/C23H23BrN4O5/c1-30-18-10-14(11-19(31-2)20(18)32-3)27-23-25-12-16(24)22(28-23)33-17-7-5-4-6-15(17)21(29)26-13-8-9-13/h4-7,10-13H,8-9H2,1-3H3,(H,26,29)(H,25,27,28). The molecule has 0 aliphatic heterocycles. The lowest BCUT2D eigenvalue weighted by Crippen LogP contribution is -2.25. The highest BCUT2D eigenvalue weighted by Gasteiger charge is 2.25. The zero-order valence-electron chi connectivity index (χ0n) is 18.3. The number of nitrogens with one attached hydrogen (secondary N) is 2. The molecular weight excluding hydrogens is 492 g/mol. The van der Waals surface area contributed by atoms with E-state index in [2.05, 4.69) is 36.5 Å². The third kappa shape index (κ3) is 5.28. The minimum absolute atomic E-state index is 0.172. The van der Waals surface area contributed by atoms with Crippen LogP contribution < -0.4 is 29.6 Å². The second kappa shape index (κ2) is 9.95. The largest absolute Gasteiger partial charge is 0.493 e. The summed E-state index contributed by atoms with van der Waals surface area (Å²) >= 11 is 3.41. The molecule has 1 aliphatic carbocycles. The van der Waals surface area contributed by atoms with Crippen molar-refractivity contribution in [3.05, 3.63) is 52.6 Å². The van der Waals surface area contributed by atoms with E-state index >= 15 is 0 Å². The number of aromatic nitrogens is 2. The fraction of sp³-hybridized carbons (Fsp3) is 0.261. The number of carbonyl (C=O) groups is 1. The lowest BCUT2D eigenvalue weighted by Gasteiger charge is -2.15. The second-order valence-corrected chi connectivity index (χ2v) is 8.09. The van der Waals surface area contributed by atoms with Crippen LogP contribution in [0.25, 0.3) is 0 Å². The first-order chi connectivity index (χ1) is 16.0. The van der Waals surface area contributed by atoms with E-state index in [0.717, 1.165) is 12.8 Å².